The summed E-state index contributed by atoms with van der Waals surface area (Å²) in [7, 11) is 1.87. The number of thioether (sulfide) groups is 1. The largest absolute Gasteiger partial charge is 0.457 e. The van der Waals surface area contributed by atoms with Gasteiger partial charge >= 0.3 is 5.97 Å². The molecule has 0 saturated heterocycles. The number of carbonyl (C=O) groups is 2. The van der Waals surface area contributed by atoms with Crippen LogP contribution >= 0.6 is 11.8 Å². The predicted octanol–water partition coefficient (Wildman–Crippen LogP) is 3.07. The van der Waals surface area contributed by atoms with Gasteiger partial charge < -0.3 is 9.30 Å². The van der Waals surface area contributed by atoms with Gasteiger partial charge in [0.15, 0.2) is 6.61 Å². The number of esters is 1. The topological polar surface area (TPSA) is 91.4 Å². The molecular formula is C17H18N2O5S. The van der Waals surface area contributed by atoms with Crippen LogP contribution in [0.2, 0.25) is 0 Å². The van der Waals surface area contributed by atoms with Crippen molar-refractivity contribution >= 4 is 29.2 Å². The van der Waals surface area contributed by atoms with Crippen LogP contribution < -0.4 is 0 Å². The molecule has 0 unspecified atom stereocenters. The van der Waals surface area contributed by atoms with Crippen molar-refractivity contribution in [2.45, 2.75) is 18.7 Å². The van der Waals surface area contributed by atoms with Crippen molar-refractivity contribution in [3.8, 4) is 0 Å². The molecule has 132 valence electrons. The first-order chi connectivity index (χ1) is 11.8. The molecule has 0 radical (unpaired) electrons. The first kappa shape index (κ1) is 18.7. The summed E-state index contributed by atoms with van der Waals surface area (Å²) in [5.41, 5.74) is 2.33. The molecule has 1 aromatic carbocycles. The normalized spacial score (nSPS) is 10.5. The van der Waals surface area contributed by atoms with Crippen LogP contribution in [0.15, 0.2) is 35.2 Å². The summed E-state index contributed by atoms with van der Waals surface area (Å²) in [5, 5.41) is 10.6. The summed E-state index contributed by atoms with van der Waals surface area (Å²) < 4.78 is 6.92. The third-order valence-corrected chi connectivity index (χ3v) is 4.83. The van der Waals surface area contributed by atoms with Crippen molar-refractivity contribution in [1.82, 2.24) is 4.57 Å². The number of aromatic nitrogens is 1. The van der Waals surface area contributed by atoms with E-state index in [-0.39, 0.29) is 23.8 Å². The number of nitrogens with zero attached hydrogens (tertiary/aromatic N) is 2. The molecule has 2 aromatic rings. The zero-order valence-corrected chi connectivity index (χ0v) is 15.0. The first-order valence-corrected chi connectivity index (χ1v) is 8.47. The number of ketones is 1. The maximum Gasteiger partial charge on any atom is 0.316 e. The van der Waals surface area contributed by atoms with Crippen molar-refractivity contribution in [1.29, 1.82) is 0 Å². The third kappa shape index (κ3) is 4.69. The van der Waals surface area contributed by atoms with Gasteiger partial charge in [-0.05, 0) is 32.0 Å². The zero-order valence-electron chi connectivity index (χ0n) is 14.1. The molecule has 0 bridgehead atoms. The molecule has 0 saturated carbocycles. The number of nitro benzene ring substituents is 1. The zero-order chi connectivity index (χ0) is 18.6. The van der Waals surface area contributed by atoms with E-state index in [0.29, 0.717) is 10.5 Å². The molecule has 0 aliphatic carbocycles. The van der Waals surface area contributed by atoms with Gasteiger partial charge in [-0.3, -0.25) is 19.7 Å². The van der Waals surface area contributed by atoms with Gasteiger partial charge in [0.1, 0.15) is 0 Å². The Labute approximate surface area is 149 Å². The summed E-state index contributed by atoms with van der Waals surface area (Å²) in [6.07, 6.45) is 0. The predicted molar refractivity (Wildman–Crippen MR) is 94.0 cm³/mol. The first-order valence-electron chi connectivity index (χ1n) is 7.48. The highest BCUT2D eigenvalue weighted by Gasteiger charge is 2.16. The molecule has 1 aromatic heterocycles. The van der Waals surface area contributed by atoms with Crippen LogP contribution in [0.5, 0.6) is 0 Å². The Hall–Kier alpha value is -2.61. The summed E-state index contributed by atoms with van der Waals surface area (Å²) in [5.74, 6) is -0.727. The summed E-state index contributed by atoms with van der Waals surface area (Å²) in [6.45, 7) is 3.44. The molecule has 0 amide bonds. The van der Waals surface area contributed by atoms with E-state index in [1.807, 2.05) is 25.5 Å². The monoisotopic (exact) mass is 362 g/mol. The van der Waals surface area contributed by atoms with Gasteiger partial charge in [-0.1, -0.05) is 0 Å². The number of benzene rings is 1. The lowest BCUT2D eigenvalue weighted by molar-refractivity contribution is -0.384. The molecule has 0 aliphatic rings. The number of aryl methyl sites for hydroxylation is 1. The fourth-order valence-electron chi connectivity index (χ4n) is 2.21. The van der Waals surface area contributed by atoms with E-state index >= 15 is 0 Å². The highest BCUT2D eigenvalue weighted by atomic mass is 32.2. The van der Waals surface area contributed by atoms with Crippen LogP contribution in [0.4, 0.5) is 5.69 Å². The van der Waals surface area contributed by atoms with E-state index in [4.69, 9.17) is 4.74 Å². The number of nitro groups is 1. The van der Waals surface area contributed by atoms with Crippen molar-refractivity contribution in [2.24, 2.45) is 7.05 Å². The van der Waals surface area contributed by atoms with Gasteiger partial charge in [-0.25, -0.2) is 0 Å². The standard InChI is InChI=1S/C17H18N2O5S/c1-11-8-15(12(2)18(11)3)16(20)9-24-17(21)10-25-14-6-4-13(5-7-14)19(22)23/h4-8H,9-10H2,1-3H3. The van der Waals surface area contributed by atoms with Crippen molar-refractivity contribution in [3.05, 3.63) is 57.4 Å². The minimum absolute atomic E-state index is 0.00829. The Balaban J connectivity index is 1.83. The Morgan fingerprint density at radius 2 is 1.88 bits per heavy atom. The fraction of sp³-hybridized carbons (Fsp3) is 0.294. The quantitative estimate of drug-likeness (QED) is 0.247. The fourth-order valence-corrected chi connectivity index (χ4v) is 2.91. The van der Waals surface area contributed by atoms with Crippen molar-refractivity contribution < 1.29 is 19.2 Å². The molecule has 25 heavy (non-hydrogen) atoms. The lowest BCUT2D eigenvalue weighted by Crippen LogP contribution is -2.16. The van der Waals surface area contributed by atoms with Gasteiger partial charge in [0.2, 0.25) is 5.78 Å². The Bertz CT molecular complexity index is 811. The molecule has 8 heteroatoms. The smallest absolute Gasteiger partial charge is 0.316 e. The lowest BCUT2D eigenvalue weighted by atomic mass is 10.1. The molecule has 0 spiro atoms. The molecule has 0 aliphatic heterocycles. The maximum absolute atomic E-state index is 12.1. The number of hydrogen-bond donors (Lipinski definition) is 0. The van der Waals surface area contributed by atoms with E-state index in [9.17, 15) is 19.7 Å². The maximum atomic E-state index is 12.1. The van der Waals surface area contributed by atoms with Gasteiger partial charge in [0, 0.05) is 41.0 Å². The molecule has 0 N–H and O–H groups in total. The SMILES string of the molecule is Cc1cc(C(=O)COC(=O)CSc2ccc([N+](=O)[O-])cc2)c(C)n1C. The van der Waals surface area contributed by atoms with Crippen molar-refractivity contribution in [3.63, 3.8) is 0 Å². The third-order valence-electron chi connectivity index (χ3n) is 3.84. The highest BCUT2D eigenvalue weighted by molar-refractivity contribution is 8.00. The summed E-state index contributed by atoms with van der Waals surface area (Å²) in [6, 6.07) is 7.65. The van der Waals surface area contributed by atoms with E-state index in [2.05, 4.69) is 0 Å². The Kier molecular flexibility index (Phi) is 5.97. The number of rotatable bonds is 7. The number of hydrogen-bond acceptors (Lipinski definition) is 6. The molecule has 0 atom stereocenters. The van der Waals surface area contributed by atoms with Crippen LogP contribution in [0.3, 0.4) is 0 Å². The van der Waals surface area contributed by atoms with E-state index in [1.54, 1.807) is 18.2 Å². The molecular weight excluding hydrogens is 344 g/mol. The van der Waals surface area contributed by atoms with E-state index in [1.165, 1.54) is 23.9 Å². The minimum atomic E-state index is -0.512. The second kappa shape index (κ2) is 7.98. The number of non-ortho nitro benzene ring substituents is 1. The molecule has 0 fully saturated rings. The molecule has 2 rings (SSSR count). The van der Waals surface area contributed by atoms with E-state index < -0.39 is 10.9 Å². The molecule has 1 heterocycles. The van der Waals surface area contributed by atoms with Crippen LogP contribution in [0.25, 0.3) is 0 Å². The number of carbonyl (C=O) groups excluding carboxylic acids is 2. The van der Waals surface area contributed by atoms with Crippen LogP contribution in [0.1, 0.15) is 21.7 Å². The second-order valence-corrected chi connectivity index (χ2v) is 6.52. The number of ether oxygens (including phenoxy) is 1. The van der Waals surface area contributed by atoms with E-state index in [0.717, 1.165) is 11.4 Å². The van der Waals surface area contributed by atoms with Crippen molar-refractivity contribution in [2.75, 3.05) is 12.4 Å². The van der Waals surface area contributed by atoms with Crippen LogP contribution in [-0.2, 0) is 16.6 Å². The lowest BCUT2D eigenvalue weighted by Gasteiger charge is -2.05. The molecule has 7 nitrogen and oxygen atoms in total. The average Bonchev–Trinajstić information content (AvgIpc) is 2.85. The second-order valence-electron chi connectivity index (χ2n) is 5.47. The number of Topliss-reactive ketones (excluding diaryl/α,β-unsaturated/α-hetero) is 1. The van der Waals surface area contributed by atoms with Crippen LogP contribution in [0, 0.1) is 24.0 Å². The summed E-state index contributed by atoms with van der Waals surface area (Å²) in [4.78, 5) is 34.7. The highest BCUT2D eigenvalue weighted by Crippen LogP contribution is 2.21. The Morgan fingerprint density at radius 1 is 1.24 bits per heavy atom. The van der Waals surface area contributed by atoms with Crippen LogP contribution in [-0.4, -0.2) is 33.6 Å². The Morgan fingerprint density at radius 3 is 2.40 bits per heavy atom. The minimum Gasteiger partial charge on any atom is -0.457 e. The average molecular weight is 362 g/mol. The van der Waals surface area contributed by atoms with Gasteiger partial charge in [0.25, 0.3) is 5.69 Å². The van der Waals surface area contributed by atoms with Gasteiger partial charge in [-0.2, -0.15) is 0 Å². The van der Waals surface area contributed by atoms with Gasteiger partial charge in [-0.15, -0.1) is 11.8 Å². The van der Waals surface area contributed by atoms with Gasteiger partial charge in [0.05, 0.1) is 10.7 Å². The summed E-state index contributed by atoms with van der Waals surface area (Å²) >= 11 is 1.19.